The van der Waals surface area contributed by atoms with Gasteiger partial charge in [-0.05, 0) is 31.5 Å². The lowest BCUT2D eigenvalue weighted by molar-refractivity contribution is 0.462. The third-order valence-corrected chi connectivity index (χ3v) is 7.36. The van der Waals surface area contributed by atoms with E-state index in [1.165, 1.54) is 18.2 Å². The fourth-order valence-electron chi connectivity index (χ4n) is 2.12. The van der Waals surface area contributed by atoms with Gasteiger partial charge in [-0.1, -0.05) is 23.2 Å². The zero-order chi connectivity index (χ0) is 15.2. The third-order valence-electron chi connectivity index (χ3n) is 3.09. The van der Waals surface area contributed by atoms with E-state index in [2.05, 4.69) is 4.72 Å². The first-order chi connectivity index (χ1) is 9.03. The van der Waals surface area contributed by atoms with Crippen LogP contribution in [0.2, 0.25) is 10.0 Å². The molecule has 0 spiro atoms. The summed E-state index contributed by atoms with van der Waals surface area (Å²) in [7, 11) is -7.05. The summed E-state index contributed by atoms with van der Waals surface area (Å²) in [5.41, 5.74) is -0.996. The van der Waals surface area contributed by atoms with Crippen molar-refractivity contribution < 1.29 is 16.8 Å². The summed E-state index contributed by atoms with van der Waals surface area (Å²) in [6.45, 7) is 1.58. The first-order valence-corrected chi connectivity index (χ1v) is 9.79. The highest BCUT2D eigenvalue weighted by Gasteiger charge is 2.41. The van der Waals surface area contributed by atoms with Gasteiger partial charge in [-0.3, -0.25) is 0 Å². The summed E-state index contributed by atoms with van der Waals surface area (Å²) in [5, 5.41) is 0.374. The Morgan fingerprint density at radius 2 is 1.90 bits per heavy atom. The summed E-state index contributed by atoms with van der Waals surface area (Å²) in [5.74, 6) is -0.228. The lowest BCUT2D eigenvalue weighted by Crippen LogP contribution is -2.46. The van der Waals surface area contributed by atoms with Gasteiger partial charge >= 0.3 is 0 Å². The molecule has 1 fully saturated rings. The summed E-state index contributed by atoms with van der Waals surface area (Å²) in [4.78, 5) is -0.0441. The molecule has 0 bridgehead atoms. The minimum absolute atomic E-state index is 0.0204. The van der Waals surface area contributed by atoms with Crippen LogP contribution in [-0.2, 0) is 19.9 Å². The highest BCUT2D eigenvalue weighted by atomic mass is 35.5. The van der Waals surface area contributed by atoms with E-state index in [9.17, 15) is 16.8 Å². The molecule has 20 heavy (non-hydrogen) atoms. The maximum atomic E-state index is 12.3. The van der Waals surface area contributed by atoms with E-state index < -0.39 is 25.4 Å². The van der Waals surface area contributed by atoms with Gasteiger partial charge in [-0.15, -0.1) is 0 Å². The summed E-state index contributed by atoms with van der Waals surface area (Å²) < 4.78 is 49.9. The average molecular weight is 358 g/mol. The lowest BCUT2D eigenvalue weighted by Gasteiger charge is -2.23. The van der Waals surface area contributed by atoms with Gasteiger partial charge in [0, 0.05) is 5.54 Å². The predicted molar refractivity (Wildman–Crippen MR) is 78.5 cm³/mol. The largest absolute Gasteiger partial charge is 0.241 e. The summed E-state index contributed by atoms with van der Waals surface area (Å²) >= 11 is 11.5. The van der Waals surface area contributed by atoms with Crippen molar-refractivity contribution >= 4 is 43.1 Å². The number of halogens is 2. The van der Waals surface area contributed by atoms with Gasteiger partial charge in [-0.25, -0.2) is 21.6 Å². The van der Waals surface area contributed by atoms with Crippen molar-refractivity contribution in [3.05, 3.63) is 28.2 Å². The summed E-state index contributed by atoms with van der Waals surface area (Å²) in [6.07, 6.45) is 0.246. The van der Waals surface area contributed by atoms with Gasteiger partial charge in [0.1, 0.15) is 0 Å². The third kappa shape index (κ3) is 3.46. The molecule has 9 heteroatoms. The Kier molecular flexibility index (Phi) is 4.12. The standard InChI is InChI=1S/C11H13Cl2NO4S2/c1-11(4-5-19(15,16)7-11)14-20(17,18)8-2-3-9(12)10(13)6-8/h2-3,6,14H,4-5,7H2,1H3/t11-/m1/s1. The molecule has 0 unspecified atom stereocenters. The molecule has 1 heterocycles. The highest BCUT2D eigenvalue weighted by Crippen LogP contribution is 2.28. The normalized spacial score (nSPS) is 25.8. The van der Waals surface area contributed by atoms with Gasteiger partial charge in [0.15, 0.2) is 9.84 Å². The maximum absolute atomic E-state index is 12.3. The monoisotopic (exact) mass is 357 g/mol. The van der Waals surface area contributed by atoms with E-state index in [0.29, 0.717) is 0 Å². The number of nitrogens with one attached hydrogen (secondary N) is 1. The number of sulfonamides is 1. The molecule has 1 aliphatic rings. The first-order valence-electron chi connectivity index (χ1n) is 5.73. The van der Waals surface area contributed by atoms with Gasteiger partial charge in [0.05, 0.1) is 26.4 Å². The van der Waals surface area contributed by atoms with Crippen LogP contribution in [0.1, 0.15) is 13.3 Å². The molecule has 1 aromatic rings. The van der Waals surface area contributed by atoms with Crippen molar-refractivity contribution in [1.29, 1.82) is 0 Å². The molecule has 0 aliphatic carbocycles. The Balaban J connectivity index is 2.30. The molecule has 1 atom stereocenters. The second-order valence-electron chi connectivity index (χ2n) is 5.08. The van der Waals surface area contributed by atoms with Crippen molar-refractivity contribution in [3.63, 3.8) is 0 Å². The van der Waals surface area contributed by atoms with Gasteiger partial charge < -0.3 is 0 Å². The zero-order valence-corrected chi connectivity index (χ0v) is 13.7. The predicted octanol–water partition coefficient (Wildman–Crippen LogP) is 1.85. The Hall–Kier alpha value is -0.340. The zero-order valence-electron chi connectivity index (χ0n) is 10.6. The molecule has 1 saturated heterocycles. The van der Waals surface area contributed by atoms with Crippen molar-refractivity contribution in [3.8, 4) is 0 Å². The number of benzene rings is 1. The van der Waals surface area contributed by atoms with E-state index in [4.69, 9.17) is 23.2 Å². The topological polar surface area (TPSA) is 80.3 Å². The molecular weight excluding hydrogens is 345 g/mol. The average Bonchev–Trinajstić information content (AvgIpc) is 2.55. The van der Waals surface area contributed by atoms with Gasteiger partial charge in [0.25, 0.3) is 0 Å². The highest BCUT2D eigenvalue weighted by molar-refractivity contribution is 7.92. The van der Waals surface area contributed by atoms with E-state index in [1.54, 1.807) is 6.92 Å². The Morgan fingerprint density at radius 1 is 1.25 bits per heavy atom. The number of hydrogen-bond donors (Lipinski definition) is 1. The van der Waals surface area contributed by atoms with Crippen LogP contribution in [0.3, 0.4) is 0 Å². The van der Waals surface area contributed by atoms with Crippen molar-refractivity contribution in [1.82, 2.24) is 4.72 Å². The molecule has 112 valence electrons. The van der Waals surface area contributed by atoms with Crippen LogP contribution in [0.4, 0.5) is 0 Å². The van der Waals surface area contributed by atoms with Crippen molar-refractivity contribution in [2.24, 2.45) is 0 Å². The molecule has 0 amide bonds. The quantitative estimate of drug-likeness (QED) is 0.894. The van der Waals surface area contributed by atoms with E-state index in [0.717, 1.165) is 0 Å². The molecule has 2 rings (SSSR count). The first kappa shape index (κ1) is 16.0. The van der Waals surface area contributed by atoms with Crippen LogP contribution in [-0.4, -0.2) is 33.9 Å². The fraction of sp³-hybridized carbons (Fsp3) is 0.455. The molecule has 1 aliphatic heterocycles. The Bertz CT molecular complexity index is 746. The summed E-state index contributed by atoms with van der Waals surface area (Å²) in [6, 6.07) is 3.94. The van der Waals surface area contributed by atoms with E-state index in [-0.39, 0.29) is 32.9 Å². The van der Waals surface area contributed by atoms with E-state index in [1.807, 2.05) is 0 Å². The van der Waals surface area contributed by atoms with Crippen LogP contribution >= 0.6 is 23.2 Å². The van der Waals surface area contributed by atoms with Crippen LogP contribution in [0.15, 0.2) is 23.1 Å². The van der Waals surface area contributed by atoms with E-state index >= 15 is 0 Å². The van der Waals surface area contributed by atoms with Crippen molar-refractivity contribution in [2.45, 2.75) is 23.8 Å². The Morgan fingerprint density at radius 3 is 2.40 bits per heavy atom. The Labute approximate surface area is 128 Å². The SMILES string of the molecule is C[C@@]1(NS(=O)(=O)c2ccc(Cl)c(Cl)c2)CCS(=O)(=O)C1. The molecule has 1 aromatic carbocycles. The number of sulfone groups is 1. The smallest absolute Gasteiger partial charge is 0.229 e. The number of hydrogen-bond acceptors (Lipinski definition) is 4. The maximum Gasteiger partial charge on any atom is 0.241 e. The molecular formula is C11H13Cl2NO4S2. The molecule has 0 radical (unpaired) electrons. The van der Waals surface area contributed by atoms with Crippen LogP contribution in [0.5, 0.6) is 0 Å². The molecule has 0 aromatic heterocycles. The fourth-order valence-corrected chi connectivity index (χ4v) is 6.13. The lowest BCUT2D eigenvalue weighted by atomic mass is 10.0. The van der Waals surface area contributed by atoms with Crippen molar-refractivity contribution in [2.75, 3.05) is 11.5 Å². The minimum atomic E-state index is -3.85. The second-order valence-corrected chi connectivity index (χ2v) is 9.76. The molecule has 1 N–H and O–H groups in total. The number of rotatable bonds is 3. The van der Waals surface area contributed by atoms with Crippen LogP contribution < -0.4 is 4.72 Å². The van der Waals surface area contributed by atoms with Gasteiger partial charge in [0.2, 0.25) is 10.0 Å². The molecule has 5 nitrogen and oxygen atoms in total. The van der Waals surface area contributed by atoms with Gasteiger partial charge in [-0.2, -0.15) is 0 Å². The van der Waals surface area contributed by atoms with Crippen LogP contribution in [0, 0.1) is 0 Å². The minimum Gasteiger partial charge on any atom is -0.229 e. The van der Waals surface area contributed by atoms with Crippen LogP contribution in [0.25, 0.3) is 0 Å². The second kappa shape index (κ2) is 5.14. The molecule has 0 saturated carbocycles.